The lowest BCUT2D eigenvalue weighted by Gasteiger charge is -2.10. The van der Waals surface area contributed by atoms with Crippen molar-refractivity contribution in [3.63, 3.8) is 0 Å². The average Bonchev–Trinajstić information content (AvgIpc) is 2.55. The highest BCUT2D eigenvalue weighted by atomic mass is 35.5. The maximum Gasteiger partial charge on any atom is 0.134 e. The third-order valence-corrected chi connectivity index (χ3v) is 2.77. The van der Waals surface area contributed by atoms with Gasteiger partial charge in [0.15, 0.2) is 0 Å². The molecule has 0 aromatic heterocycles. The summed E-state index contributed by atoms with van der Waals surface area (Å²) in [4.78, 5) is 19.2. The van der Waals surface area contributed by atoms with Gasteiger partial charge in [0.25, 0.3) is 0 Å². The molecule has 0 saturated heterocycles. The average molecular weight is 351 g/mol. The van der Waals surface area contributed by atoms with Gasteiger partial charge in [-0.1, -0.05) is 13.8 Å². The SMILES string of the molecule is CC(C)c1cc(F)cc(CCC=O)c1F.CCOC.O=CCCl. The topological polar surface area (TPSA) is 43.4 Å². The van der Waals surface area contributed by atoms with Gasteiger partial charge in [0.2, 0.25) is 0 Å². The molecule has 0 bridgehead atoms. The summed E-state index contributed by atoms with van der Waals surface area (Å²) in [5.74, 6) is -0.773. The molecule has 1 aromatic rings. The molecule has 132 valence electrons. The maximum absolute atomic E-state index is 13.7. The van der Waals surface area contributed by atoms with E-state index in [9.17, 15) is 13.6 Å². The number of benzene rings is 1. The van der Waals surface area contributed by atoms with E-state index in [0.29, 0.717) is 18.1 Å². The first-order chi connectivity index (χ1) is 10.9. The monoisotopic (exact) mass is 350 g/mol. The largest absolute Gasteiger partial charge is 0.385 e. The number of carbonyl (C=O) groups is 2. The normalized spacial score (nSPS) is 9.39. The Morgan fingerprint density at radius 1 is 1.22 bits per heavy atom. The fraction of sp³-hybridized carbons (Fsp3) is 0.529. The van der Waals surface area contributed by atoms with Crippen molar-refractivity contribution < 1.29 is 23.1 Å². The van der Waals surface area contributed by atoms with Crippen molar-refractivity contribution >= 4 is 24.2 Å². The fourth-order valence-corrected chi connectivity index (χ4v) is 1.49. The number of rotatable bonds is 6. The summed E-state index contributed by atoms with van der Waals surface area (Å²) in [6.07, 6.45) is 1.83. The molecule has 0 saturated carbocycles. The summed E-state index contributed by atoms with van der Waals surface area (Å²) in [6.45, 7) is 6.39. The molecule has 0 unspecified atom stereocenters. The zero-order chi connectivity index (χ0) is 18.3. The molecule has 0 amide bonds. The molecule has 23 heavy (non-hydrogen) atoms. The number of aryl methyl sites for hydroxylation is 1. The van der Waals surface area contributed by atoms with E-state index in [0.717, 1.165) is 12.7 Å². The molecular weight excluding hydrogens is 326 g/mol. The number of alkyl halides is 1. The van der Waals surface area contributed by atoms with Crippen LogP contribution in [0.25, 0.3) is 0 Å². The smallest absolute Gasteiger partial charge is 0.134 e. The predicted octanol–water partition coefficient (Wildman–Crippen LogP) is 4.30. The Morgan fingerprint density at radius 3 is 2.09 bits per heavy atom. The van der Waals surface area contributed by atoms with E-state index in [1.54, 1.807) is 21.0 Å². The van der Waals surface area contributed by atoms with Gasteiger partial charge < -0.3 is 14.3 Å². The van der Waals surface area contributed by atoms with Gasteiger partial charge >= 0.3 is 0 Å². The van der Waals surface area contributed by atoms with Crippen LogP contribution in [0.4, 0.5) is 8.78 Å². The van der Waals surface area contributed by atoms with E-state index in [1.807, 2.05) is 6.92 Å². The predicted molar refractivity (Wildman–Crippen MR) is 89.2 cm³/mol. The molecule has 0 radical (unpaired) electrons. The molecule has 0 fully saturated rings. The summed E-state index contributed by atoms with van der Waals surface area (Å²) in [5, 5.41) is 0. The molecule has 1 rings (SSSR count). The molecule has 3 nitrogen and oxygen atoms in total. The van der Waals surface area contributed by atoms with E-state index in [1.165, 1.54) is 6.07 Å². The third kappa shape index (κ3) is 11.8. The summed E-state index contributed by atoms with van der Waals surface area (Å²) in [7, 11) is 1.68. The second-order valence-corrected chi connectivity index (χ2v) is 5.04. The Morgan fingerprint density at radius 2 is 1.74 bits per heavy atom. The van der Waals surface area contributed by atoms with Crippen molar-refractivity contribution in [2.45, 2.75) is 39.5 Å². The van der Waals surface area contributed by atoms with Crippen molar-refractivity contribution in [1.82, 2.24) is 0 Å². The molecule has 0 heterocycles. The van der Waals surface area contributed by atoms with E-state index in [4.69, 9.17) is 16.4 Å². The van der Waals surface area contributed by atoms with Crippen molar-refractivity contribution in [2.75, 3.05) is 19.6 Å². The number of halogens is 3. The van der Waals surface area contributed by atoms with Crippen LogP contribution in [0.2, 0.25) is 0 Å². The van der Waals surface area contributed by atoms with Gasteiger partial charge in [-0.15, -0.1) is 11.6 Å². The Kier molecular flexibility index (Phi) is 16.2. The van der Waals surface area contributed by atoms with E-state index in [-0.39, 0.29) is 36.0 Å². The molecule has 6 heteroatoms. The highest BCUT2D eigenvalue weighted by molar-refractivity contribution is 6.24. The zero-order valence-electron chi connectivity index (χ0n) is 14.1. The van der Waals surface area contributed by atoms with Crippen LogP contribution >= 0.6 is 11.6 Å². The van der Waals surface area contributed by atoms with Crippen LogP contribution in [0.1, 0.15) is 44.2 Å². The van der Waals surface area contributed by atoms with E-state index >= 15 is 0 Å². The molecule has 1 aromatic carbocycles. The van der Waals surface area contributed by atoms with Gasteiger partial charge in [-0.25, -0.2) is 8.78 Å². The first-order valence-corrected chi connectivity index (χ1v) is 7.82. The van der Waals surface area contributed by atoms with Gasteiger partial charge in [0.1, 0.15) is 24.2 Å². The minimum atomic E-state index is -0.444. The number of hydrogen-bond acceptors (Lipinski definition) is 3. The Bertz CT molecular complexity index is 450. The highest BCUT2D eigenvalue weighted by Gasteiger charge is 2.13. The van der Waals surface area contributed by atoms with Gasteiger partial charge in [-0.3, -0.25) is 0 Å². The van der Waals surface area contributed by atoms with Crippen LogP contribution in [0.5, 0.6) is 0 Å². The lowest BCUT2D eigenvalue weighted by Crippen LogP contribution is -2.01. The van der Waals surface area contributed by atoms with Gasteiger partial charge in [-0.05, 0) is 42.5 Å². The van der Waals surface area contributed by atoms with Crippen LogP contribution in [-0.4, -0.2) is 32.2 Å². The van der Waals surface area contributed by atoms with Crippen LogP contribution in [0.3, 0.4) is 0 Å². The second-order valence-electron chi connectivity index (χ2n) is 4.73. The molecule has 0 atom stereocenters. The molecule has 0 N–H and O–H groups in total. The number of methoxy groups -OCH3 is 1. The molecule has 0 spiro atoms. The number of hydrogen-bond donors (Lipinski definition) is 0. The fourth-order valence-electron chi connectivity index (χ4n) is 1.49. The maximum atomic E-state index is 13.7. The molecular formula is C17H25ClF2O3. The van der Waals surface area contributed by atoms with Crippen LogP contribution in [-0.2, 0) is 20.7 Å². The van der Waals surface area contributed by atoms with Gasteiger partial charge in [0.05, 0.1) is 5.88 Å². The van der Waals surface area contributed by atoms with Gasteiger partial charge in [0, 0.05) is 20.1 Å². The number of carbonyl (C=O) groups excluding carboxylic acids is 2. The van der Waals surface area contributed by atoms with Crippen LogP contribution in [0.15, 0.2) is 12.1 Å². The van der Waals surface area contributed by atoms with Crippen LogP contribution < -0.4 is 0 Å². The summed E-state index contributed by atoms with van der Waals surface area (Å²) in [5.41, 5.74) is 0.654. The number of ether oxygens (including phenoxy) is 1. The molecule has 0 aliphatic rings. The first-order valence-electron chi connectivity index (χ1n) is 7.29. The van der Waals surface area contributed by atoms with Gasteiger partial charge in [-0.2, -0.15) is 0 Å². The van der Waals surface area contributed by atoms with Crippen LogP contribution in [0, 0.1) is 11.6 Å². The van der Waals surface area contributed by atoms with Crippen molar-refractivity contribution in [1.29, 1.82) is 0 Å². The van der Waals surface area contributed by atoms with Crippen molar-refractivity contribution in [3.05, 3.63) is 34.9 Å². The van der Waals surface area contributed by atoms with Crippen molar-refractivity contribution in [2.24, 2.45) is 0 Å². The number of aldehydes is 2. The summed E-state index contributed by atoms with van der Waals surface area (Å²) in [6, 6.07) is 2.37. The second kappa shape index (κ2) is 15.6. The van der Waals surface area contributed by atoms with Crippen molar-refractivity contribution in [3.8, 4) is 0 Å². The van der Waals surface area contributed by atoms with E-state index in [2.05, 4.69) is 4.74 Å². The Balaban J connectivity index is 0. The first kappa shape index (κ1) is 23.9. The lowest BCUT2D eigenvalue weighted by atomic mass is 9.97. The summed E-state index contributed by atoms with van der Waals surface area (Å²) < 4.78 is 31.4. The summed E-state index contributed by atoms with van der Waals surface area (Å²) >= 11 is 4.82. The minimum Gasteiger partial charge on any atom is -0.385 e. The molecule has 0 aliphatic heterocycles. The standard InChI is InChI=1S/C12H14F2O.C3H8O.C2H3ClO/c1-8(2)11-7-10(13)6-9(12(11)14)4-3-5-15;1-3-4-2;3-1-2-4/h5-8H,3-4H2,1-2H3;3H2,1-2H3;2H,1H2. The van der Waals surface area contributed by atoms with E-state index < -0.39 is 5.82 Å². The lowest BCUT2D eigenvalue weighted by molar-refractivity contribution is -0.108. The third-order valence-electron chi connectivity index (χ3n) is 2.65. The zero-order valence-corrected chi connectivity index (χ0v) is 14.8. The Hall–Kier alpha value is -1.33. The Labute approximate surface area is 142 Å². The molecule has 0 aliphatic carbocycles. The highest BCUT2D eigenvalue weighted by Crippen LogP contribution is 2.23. The quantitative estimate of drug-likeness (QED) is 0.567. The minimum absolute atomic E-state index is 0.0596.